The first-order valence-electron chi connectivity index (χ1n) is 7.16. The van der Waals surface area contributed by atoms with Crippen molar-refractivity contribution in [2.24, 2.45) is 5.73 Å². The van der Waals surface area contributed by atoms with Crippen molar-refractivity contribution in [3.05, 3.63) is 29.8 Å². The fourth-order valence-corrected chi connectivity index (χ4v) is 2.44. The minimum absolute atomic E-state index is 0.0483. The summed E-state index contributed by atoms with van der Waals surface area (Å²) in [7, 11) is -4.04. The van der Waals surface area contributed by atoms with Gasteiger partial charge in [-0.3, -0.25) is 14.3 Å². The molecule has 0 bridgehead atoms. The zero-order chi connectivity index (χ0) is 18.5. The standard InChI is InChI=1S/C15H22N2O6S/c1-10-5-7-11(8-6-10)24(20,21)22-9-12(16)13(18)17-14(19)23-15(2,3)4/h5-8,12H,9,16H2,1-4H3,(H,17,18,19)/t12-/m0/s1. The van der Waals surface area contributed by atoms with Crippen LogP contribution < -0.4 is 11.1 Å². The lowest BCUT2D eigenvalue weighted by Crippen LogP contribution is -2.47. The SMILES string of the molecule is Cc1ccc(S(=O)(=O)OC[C@H](N)C(=O)NC(=O)OC(C)(C)C)cc1. The number of alkyl carbamates (subject to hydrolysis) is 1. The average Bonchev–Trinajstić information content (AvgIpc) is 2.43. The molecular formula is C15H22N2O6S. The number of carbonyl (C=O) groups excluding carboxylic acids is 2. The number of nitrogens with one attached hydrogen (secondary N) is 1. The molecule has 0 heterocycles. The fourth-order valence-electron chi connectivity index (χ4n) is 1.51. The van der Waals surface area contributed by atoms with Crippen LogP contribution in [-0.4, -0.2) is 38.7 Å². The van der Waals surface area contributed by atoms with E-state index in [2.05, 4.69) is 0 Å². The Hall–Kier alpha value is -1.97. The summed E-state index contributed by atoms with van der Waals surface area (Å²) in [6, 6.07) is 4.66. The molecule has 1 aromatic rings. The lowest BCUT2D eigenvalue weighted by molar-refractivity contribution is -0.122. The number of ether oxygens (including phenoxy) is 1. The van der Waals surface area contributed by atoms with Gasteiger partial charge in [0.25, 0.3) is 10.1 Å². The number of aryl methyl sites for hydroxylation is 1. The second-order valence-electron chi connectivity index (χ2n) is 6.15. The molecule has 0 radical (unpaired) electrons. The van der Waals surface area contributed by atoms with Crippen LogP contribution in [0.2, 0.25) is 0 Å². The van der Waals surface area contributed by atoms with Gasteiger partial charge < -0.3 is 10.5 Å². The van der Waals surface area contributed by atoms with Crippen molar-refractivity contribution in [2.75, 3.05) is 6.61 Å². The van der Waals surface area contributed by atoms with E-state index in [4.69, 9.17) is 14.7 Å². The summed E-state index contributed by atoms with van der Waals surface area (Å²) in [5.41, 5.74) is 5.64. The lowest BCUT2D eigenvalue weighted by Gasteiger charge is -2.20. The Morgan fingerprint density at radius 2 is 1.75 bits per heavy atom. The van der Waals surface area contributed by atoms with Crippen molar-refractivity contribution in [1.82, 2.24) is 5.32 Å². The van der Waals surface area contributed by atoms with Crippen molar-refractivity contribution >= 4 is 22.1 Å². The maximum atomic E-state index is 12.0. The molecule has 2 amide bonds. The molecule has 0 aliphatic heterocycles. The summed E-state index contributed by atoms with van der Waals surface area (Å²) < 4.78 is 33.6. The summed E-state index contributed by atoms with van der Waals surface area (Å²) >= 11 is 0. The van der Waals surface area contributed by atoms with Crippen LogP contribution in [0.25, 0.3) is 0 Å². The number of imide groups is 1. The van der Waals surface area contributed by atoms with Gasteiger partial charge in [0.1, 0.15) is 11.6 Å². The molecule has 0 fully saturated rings. The molecule has 0 aliphatic carbocycles. The highest BCUT2D eigenvalue weighted by molar-refractivity contribution is 7.86. The third-order valence-corrected chi connectivity index (χ3v) is 3.97. The van der Waals surface area contributed by atoms with E-state index in [-0.39, 0.29) is 4.90 Å². The van der Waals surface area contributed by atoms with Crippen LogP contribution in [0.5, 0.6) is 0 Å². The Kier molecular flexibility index (Phi) is 6.47. The van der Waals surface area contributed by atoms with E-state index in [1.807, 2.05) is 12.2 Å². The predicted octanol–water partition coefficient (Wildman–Crippen LogP) is 1.08. The van der Waals surface area contributed by atoms with E-state index in [9.17, 15) is 18.0 Å². The topological polar surface area (TPSA) is 125 Å². The number of amides is 2. The summed E-state index contributed by atoms with van der Waals surface area (Å²) in [5, 5.41) is 1.92. The van der Waals surface area contributed by atoms with Crippen LogP contribution in [0.3, 0.4) is 0 Å². The van der Waals surface area contributed by atoms with E-state index < -0.39 is 40.4 Å². The predicted molar refractivity (Wildman–Crippen MR) is 86.7 cm³/mol. The Balaban J connectivity index is 2.58. The number of rotatable bonds is 5. The number of hydrogen-bond acceptors (Lipinski definition) is 7. The molecule has 9 heteroatoms. The van der Waals surface area contributed by atoms with Gasteiger partial charge >= 0.3 is 6.09 Å². The van der Waals surface area contributed by atoms with E-state index in [0.29, 0.717) is 0 Å². The monoisotopic (exact) mass is 358 g/mol. The van der Waals surface area contributed by atoms with Gasteiger partial charge in [0.2, 0.25) is 5.91 Å². The van der Waals surface area contributed by atoms with Crippen LogP contribution >= 0.6 is 0 Å². The molecule has 1 atom stereocenters. The highest BCUT2D eigenvalue weighted by Gasteiger charge is 2.24. The van der Waals surface area contributed by atoms with E-state index >= 15 is 0 Å². The van der Waals surface area contributed by atoms with Crippen LogP contribution in [0.15, 0.2) is 29.2 Å². The molecule has 0 saturated carbocycles. The lowest BCUT2D eigenvalue weighted by atomic mass is 10.2. The van der Waals surface area contributed by atoms with E-state index in [1.54, 1.807) is 32.9 Å². The average molecular weight is 358 g/mol. The first-order chi connectivity index (χ1) is 10.9. The molecule has 0 saturated heterocycles. The first-order valence-corrected chi connectivity index (χ1v) is 8.57. The highest BCUT2D eigenvalue weighted by Crippen LogP contribution is 2.13. The number of nitrogens with two attached hydrogens (primary N) is 1. The van der Waals surface area contributed by atoms with Gasteiger partial charge in [0, 0.05) is 0 Å². The van der Waals surface area contributed by atoms with Gasteiger partial charge in [-0.05, 0) is 39.8 Å². The molecule has 1 aromatic carbocycles. The third-order valence-electron chi connectivity index (χ3n) is 2.67. The van der Waals surface area contributed by atoms with Crippen LogP contribution in [0.1, 0.15) is 26.3 Å². The first kappa shape index (κ1) is 20.1. The minimum atomic E-state index is -4.04. The van der Waals surface area contributed by atoms with Crippen LogP contribution in [-0.2, 0) is 23.8 Å². The molecule has 134 valence electrons. The number of carbonyl (C=O) groups is 2. The van der Waals surface area contributed by atoms with Crippen LogP contribution in [0, 0.1) is 6.92 Å². The zero-order valence-corrected chi connectivity index (χ0v) is 14.8. The smallest absolute Gasteiger partial charge is 0.414 e. The number of benzene rings is 1. The van der Waals surface area contributed by atoms with Gasteiger partial charge in [-0.25, -0.2) is 4.79 Å². The largest absolute Gasteiger partial charge is 0.444 e. The second-order valence-corrected chi connectivity index (χ2v) is 7.76. The molecule has 1 rings (SSSR count). The van der Waals surface area contributed by atoms with Crippen molar-refractivity contribution in [3.8, 4) is 0 Å². The molecule has 0 aromatic heterocycles. The maximum absolute atomic E-state index is 12.0. The molecule has 24 heavy (non-hydrogen) atoms. The molecule has 0 aliphatic rings. The summed E-state index contributed by atoms with van der Waals surface area (Å²) in [4.78, 5) is 23.1. The molecule has 8 nitrogen and oxygen atoms in total. The third kappa shape index (κ3) is 6.65. The molecular weight excluding hydrogens is 336 g/mol. The van der Waals surface area contributed by atoms with E-state index in [1.165, 1.54) is 12.1 Å². The normalized spacial score (nSPS) is 13.2. The second kappa shape index (κ2) is 7.73. The highest BCUT2D eigenvalue weighted by atomic mass is 32.2. The van der Waals surface area contributed by atoms with E-state index in [0.717, 1.165) is 5.56 Å². The summed E-state index contributed by atoms with van der Waals surface area (Å²) in [5.74, 6) is -0.900. The Morgan fingerprint density at radius 3 is 2.25 bits per heavy atom. The van der Waals surface area contributed by atoms with Gasteiger partial charge in [-0.2, -0.15) is 8.42 Å². The maximum Gasteiger partial charge on any atom is 0.414 e. The van der Waals surface area contributed by atoms with Gasteiger partial charge in [-0.1, -0.05) is 17.7 Å². The Labute approximate surface area is 141 Å². The fraction of sp³-hybridized carbons (Fsp3) is 0.467. The van der Waals surface area contributed by atoms with Gasteiger partial charge in [0.05, 0.1) is 11.5 Å². The van der Waals surface area contributed by atoms with Crippen molar-refractivity contribution in [1.29, 1.82) is 0 Å². The van der Waals surface area contributed by atoms with Gasteiger partial charge in [0.15, 0.2) is 0 Å². The molecule has 0 unspecified atom stereocenters. The van der Waals surface area contributed by atoms with Crippen molar-refractivity contribution < 1.29 is 26.9 Å². The van der Waals surface area contributed by atoms with Gasteiger partial charge in [-0.15, -0.1) is 0 Å². The Morgan fingerprint density at radius 1 is 1.21 bits per heavy atom. The van der Waals surface area contributed by atoms with Crippen molar-refractivity contribution in [2.45, 2.75) is 44.2 Å². The van der Waals surface area contributed by atoms with Crippen molar-refractivity contribution in [3.63, 3.8) is 0 Å². The minimum Gasteiger partial charge on any atom is -0.444 e. The molecule has 3 N–H and O–H groups in total. The number of hydrogen-bond donors (Lipinski definition) is 2. The van der Waals surface area contributed by atoms with Crippen LogP contribution in [0.4, 0.5) is 4.79 Å². The summed E-state index contributed by atoms with van der Waals surface area (Å²) in [6.45, 7) is 6.11. The molecule has 0 spiro atoms. The Bertz CT molecular complexity index is 692. The zero-order valence-electron chi connectivity index (χ0n) is 14.0. The summed E-state index contributed by atoms with van der Waals surface area (Å²) in [6.07, 6.45) is -0.968. The quantitative estimate of drug-likeness (QED) is 0.754.